The molecule has 0 amide bonds. The third-order valence-corrected chi connectivity index (χ3v) is 10.3. The van der Waals surface area contributed by atoms with E-state index in [4.69, 9.17) is 18.5 Å². The molecule has 0 aromatic carbocycles. The largest absolute Gasteiger partial charge is 0.472 e. The van der Waals surface area contributed by atoms with Gasteiger partial charge in [-0.3, -0.25) is 18.6 Å². The van der Waals surface area contributed by atoms with Gasteiger partial charge in [0.1, 0.15) is 43.2 Å². The van der Waals surface area contributed by atoms with Crippen LogP contribution in [0.5, 0.6) is 0 Å². The topological polar surface area (TPSA) is 210 Å². The van der Waals surface area contributed by atoms with Gasteiger partial charge in [0.25, 0.3) is 0 Å². The molecule has 8 atom stereocenters. The molecular weight excluding hydrogens is 695 g/mol. The van der Waals surface area contributed by atoms with Crippen LogP contribution in [0.2, 0.25) is 0 Å². The lowest BCUT2D eigenvalue weighted by Gasteiger charge is -2.41. The summed E-state index contributed by atoms with van der Waals surface area (Å²) in [5, 5.41) is 49.9. The van der Waals surface area contributed by atoms with Crippen LogP contribution in [-0.2, 0) is 32.7 Å². The summed E-state index contributed by atoms with van der Waals surface area (Å²) in [6.45, 7) is 3.23. The Labute approximate surface area is 312 Å². The number of hydrogen-bond donors (Lipinski definition) is 6. The van der Waals surface area contributed by atoms with Crippen LogP contribution in [0.25, 0.3) is 0 Å². The van der Waals surface area contributed by atoms with Crippen LogP contribution >= 0.6 is 7.82 Å². The quantitative estimate of drug-likeness (QED) is 0.0192. The number of ether oxygens (including phenoxy) is 2. The summed E-state index contributed by atoms with van der Waals surface area (Å²) in [5.41, 5.74) is 0. The fourth-order valence-corrected chi connectivity index (χ4v) is 7.02. The van der Waals surface area contributed by atoms with E-state index in [1.807, 2.05) is 0 Å². The minimum Gasteiger partial charge on any atom is -0.462 e. The van der Waals surface area contributed by atoms with Gasteiger partial charge in [-0.05, 0) is 38.5 Å². The van der Waals surface area contributed by atoms with Crippen LogP contribution in [0, 0.1) is 0 Å². The maximum absolute atomic E-state index is 12.7. The zero-order valence-electron chi connectivity index (χ0n) is 31.9. The van der Waals surface area contributed by atoms with Crippen molar-refractivity contribution in [2.24, 2.45) is 0 Å². The molecule has 6 unspecified atom stereocenters. The second-order valence-electron chi connectivity index (χ2n) is 14.1. The summed E-state index contributed by atoms with van der Waals surface area (Å²) < 4.78 is 33.3. The lowest BCUT2D eigenvalue weighted by Crippen LogP contribution is -2.64. The van der Waals surface area contributed by atoms with Crippen molar-refractivity contribution < 1.29 is 63.1 Å². The molecule has 0 radical (unpaired) electrons. The summed E-state index contributed by atoms with van der Waals surface area (Å²) in [6, 6.07) is 0. The number of aliphatic hydroxyl groups is 5. The highest BCUT2D eigenvalue weighted by Crippen LogP contribution is 2.47. The molecule has 1 rings (SSSR count). The fraction of sp³-hybridized carbons (Fsp3) is 0.895. The summed E-state index contributed by atoms with van der Waals surface area (Å²) in [5.74, 6) is -1.11. The van der Waals surface area contributed by atoms with E-state index in [1.54, 1.807) is 0 Å². The number of carbonyl (C=O) groups is 2. The molecule has 0 bridgehead atoms. The van der Waals surface area contributed by atoms with Crippen molar-refractivity contribution in [3.8, 4) is 0 Å². The Bertz CT molecular complexity index is 980. The Hall–Kier alpha value is -1.41. The van der Waals surface area contributed by atoms with Gasteiger partial charge in [0.15, 0.2) is 6.10 Å². The van der Waals surface area contributed by atoms with E-state index in [9.17, 15) is 44.6 Å². The van der Waals surface area contributed by atoms with E-state index >= 15 is 0 Å². The van der Waals surface area contributed by atoms with Gasteiger partial charge in [0.05, 0.1) is 6.61 Å². The summed E-state index contributed by atoms with van der Waals surface area (Å²) in [6.07, 6.45) is 14.3. The molecule has 1 fully saturated rings. The minimum atomic E-state index is -5.10. The predicted molar refractivity (Wildman–Crippen MR) is 198 cm³/mol. The highest BCUT2D eigenvalue weighted by Gasteiger charge is 2.51. The molecule has 0 heterocycles. The fourth-order valence-electron chi connectivity index (χ4n) is 6.05. The van der Waals surface area contributed by atoms with Crippen LogP contribution in [-0.4, -0.2) is 98.3 Å². The average molecular weight is 767 g/mol. The molecule has 6 N–H and O–H groups in total. The number of unbranched alkanes of at least 4 members (excludes halogenated alkanes) is 18. The Kier molecular flexibility index (Phi) is 27.9. The van der Waals surface area contributed by atoms with E-state index in [2.05, 4.69) is 26.0 Å². The van der Waals surface area contributed by atoms with Gasteiger partial charge in [-0.2, -0.15) is 0 Å². The summed E-state index contributed by atoms with van der Waals surface area (Å²) >= 11 is 0. The Morgan fingerprint density at radius 1 is 0.577 bits per heavy atom. The van der Waals surface area contributed by atoms with E-state index in [-0.39, 0.29) is 12.8 Å². The molecule has 1 aliphatic rings. The number of aliphatic hydroxyl groups excluding tert-OH is 5. The molecule has 14 heteroatoms. The molecule has 306 valence electrons. The maximum atomic E-state index is 12.7. The average Bonchev–Trinajstić information content (AvgIpc) is 3.12. The number of phosphoric acid groups is 1. The first-order valence-electron chi connectivity index (χ1n) is 20.0. The van der Waals surface area contributed by atoms with Crippen LogP contribution in [0.4, 0.5) is 0 Å². The molecule has 0 spiro atoms. The molecular formula is C38H71O13P. The summed E-state index contributed by atoms with van der Waals surface area (Å²) in [4.78, 5) is 35.4. The molecule has 0 saturated heterocycles. The molecule has 13 nitrogen and oxygen atoms in total. The van der Waals surface area contributed by atoms with E-state index in [1.165, 1.54) is 57.8 Å². The number of hydrogen-bond acceptors (Lipinski definition) is 12. The highest BCUT2D eigenvalue weighted by atomic mass is 31.2. The van der Waals surface area contributed by atoms with E-state index < -0.39 is 75.7 Å². The Morgan fingerprint density at radius 3 is 1.50 bits per heavy atom. The maximum Gasteiger partial charge on any atom is 0.472 e. The number of carbonyl (C=O) groups excluding carboxylic acids is 2. The first-order chi connectivity index (χ1) is 24.9. The number of phosphoric ester groups is 1. The number of esters is 2. The minimum absolute atomic E-state index is 0.0992. The van der Waals surface area contributed by atoms with Crippen molar-refractivity contribution >= 4 is 19.8 Å². The van der Waals surface area contributed by atoms with Crippen molar-refractivity contribution in [2.45, 2.75) is 204 Å². The van der Waals surface area contributed by atoms with Crippen LogP contribution in [0.1, 0.15) is 162 Å². The molecule has 1 saturated carbocycles. The predicted octanol–water partition coefficient (Wildman–Crippen LogP) is 6.33. The van der Waals surface area contributed by atoms with Crippen LogP contribution in [0.3, 0.4) is 0 Å². The molecule has 52 heavy (non-hydrogen) atoms. The molecule has 0 aromatic rings. The first-order valence-corrected chi connectivity index (χ1v) is 21.5. The van der Waals surface area contributed by atoms with Gasteiger partial charge >= 0.3 is 19.8 Å². The second-order valence-corrected chi connectivity index (χ2v) is 15.5. The third kappa shape index (κ3) is 22.7. The van der Waals surface area contributed by atoms with E-state index in [0.29, 0.717) is 12.8 Å². The zero-order valence-corrected chi connectivity index (χ0v) is 32.8. The lowest BCUT2D eigenvalue weighted by atomic mass is 9.85. The Balaban J connectivity index is 2.54. The van der Waals surface area contributed by atoms with Crippen molar-refractivity contribution in [1.29, 1.82) is 0 Å². The number of allylic oxidation sites excluding steroid dienone is 2. The van der Waals surface area contributed by atoms with Gasteiger partial charge in [-0.15, -0.1) is 0 Å². The normalized spacial score (nSPS) is 23.8. The Morgan fingerprint density at radius 2 is 0.981 bits per heavy atom. The standard InChI is InChI=1S/C38H71O13P/c1-3-5-7-9-11-13-15-17-18-20-22-24-26-31(39)48-28-30(50-32(40)27-25-23-21-19-16-14-12-10-8-6-4-2)29-49-52(46,47)51-38-36(44)34(42)33(41)35(43)37(38)45/h11,13,30,33-38,41-45H,3-10,12,14-29H2,1-2H3,(H,46,47)/b13-11-/t30-,33?,34-,35?,36?,37?,38?/m1/s1. The van der Waals surface area contributed by atoms with E-state index in [0.717, 1.165) is 64.2 Å². The lowest BCUT2D eigenvalue weighted by molar-refractivity contribution is -0.220. The second kappa shape index (κ2) is 29.9. The third-order valence-electron chi connectivity index (χ3n) is 9.36. The SMILES string of the molecule is CCCCC/C=C\CCCCCCCC(=O)OC[C@H](COP(=O)(O)OC1C(O)C(O)C(O)[C@@H](O)C1O)OC(=O)CCCCCCCCCCCCC. The molecule has 1 aliphatic carbocycles. The van der Waals surface area contributed by atoms with Gasteiger partial charge in [0.2, 0.25) is 0 Å². The monoisotopic (exact) mass is 766 g/mol. The van der Waals surface area contributed by atoms with Gasteiger partial charge < -0.3 is 39.9 Å². The van der Waals surface area contributed by atoms with Crippen molar-refractivity contribution in [2.75, 3.05) is 13.2 Å². The van der Waals surface area contributed by atoms with Crippen molar-refractivity contribution in [3.05, 3.63) is 12.2 Å². The molecule has 0 aromatic heterocycles. The van der Waals surface area contributed by atoms with Crippen molar-refractivity contribution in [1.82, 2.24) is 0 Å². The highest BCUT2D eigenvalue weighted by molar-refractivity contribution is 7.47. The first kappa shape index (κ1) is 48.6. The molecule has 0 aliphatic heterocycles. The van der Waals surface area contributed by atoms with Gasteiger partial charge in [-0.25, -0.2) is 4.57 Å². The van der Waals surface area contributed by atoms with Crippen LogP contribution in [0.15, 0.2) is 12.2 Å². The summed E-state index contributed by atoms with van der Waals surface area (Å²) in [7, 11) is -5.10. The smallest absolute Gasteiger partial charge is 0.462 e. The van der Waals surface area contributed by atoms with Gasteiger partial charge in [-0.1, -0.05) is 122 Å². The zero-order chi connectivity index (χ0) is 38.6. The number of rotatable bonds is 32. The van der Waals surface area contributed by atoms with Crippen molar-refractivity contribution in [3.63, 3.8) is 0 Å². The van der Waals surface area contributed by atoms with Crippen LogP contribution < -0.4 is 0 Å². The van der Waals surface area contributed by atoms with Gasteiger partial charge in [0, 0.05) is 12.8 Å².